The van der Waals surface area contributed by atoms with E-state index < -0.39 is 21.3 Å². The SMILES string of the molecule is Cn1cc(S(=O)(=O)N2CCC3(CCNCC3)C2)c(=O)n(C)c1=O. The summed E-state index contributed by atoms with van der Waals surface area (Å²) in [7, 11) is -1.15. The number of hydrogen-bond acceptors (Lipinski definition) is 5. The van der Waals surface area contributed by atoms with Gasteiger partial charge in [0.25, 0.3) is 5.56 Å². The van der Waals surface area contributed by atoms with Crippen LogP contribution in [-0.4, -0.2) is 48.0 Å². The molecule has 0 unspecified atom stereocenters. The lowest BCUT2D eigenvalue weighted by Crippen LogP contribution is -2.43. The molecule has 0 bridgehead atoms. The van der Waals surface area contributed by atoms with Gasteiger partial charge in [-0.05, 0) is 37.8 Å². The molecule has 1 aromatic heterocycles. The van der Waals surface area contributed by atoms with Crippen LogP contribution in [0.5, 0.6) is 0 Å². The monoisotopic (exact) mass is 342 g/mol. The van der Waals surface area contributed by atoms with Crippen LogP contribution in [0.25, 0.3) is 0 Å². The lowest BCUT2D eigenvalue weighted by molar-refractivity contribution is 0.218. The van der Waals surface area contributed by atoms with Crippen molar-refractivity contribution in [3.05, 3.63) is 27.0 Å². The molecule has 23 heavy (non-hydrogen) atoms. The third-order valence-corrected chi connectivity index (χ3v) is 6.93. The smallest absolute Gasteiger partial charge is 0.317 e. The average Bonchev–Trinajstić information content (AvgIpc) is 2.93. The molecule has 2 saturated heterocycles. The Bertz CT molecular complexity index is 833. The molecule has 0 radical (unpaired) electrons. The first kappa shape index (κ1) is 16.4. The second-order valence-electron chi connectivity index (χ2n) is 6.59. The van der Waals surface area contributed by atoms with Gasteiger partial charge in [0, 0.05) is 33.4 Å². The minimum absolute atomic E-state index is 0.0181. The Morgan fingerprint density at radius 2 is 1.78 bits per heavy atom. The van der Waals surface area contributed by atoms with E-state index in [1.165, 1.54) is 18.4 Å². The van der Waals surface area contributed by atoms with Crippen LogP contribution >= 0.6 is 0 Å². The number of rotatable bonds is 2. The molecule has 0 aromatic carbocycles. The highest BCUT2D eigenvalue weighted by molar-refractivity contribution is 7.89. The first-order valence-electron chi connectivity index (χ1n) is 7.74. The molecule has 0 saturated carbocycles. The number of sulfonamides is 1. The number of nitrogens with one attached hydrogen (secondary N) is 1. The van der Waals surface area contributed by atoms with E-state index in [2.05, 4.69) is 5.32 Å². The minimum atomic E-state index is -3.89. The predicted octanol–water partition coefficient (Wildman–Crippen LogP) is -1.15. The Balaban J connectivity index is 1.98. The van der Waals surface area contributed by atoms with Crippen molar-refractivity contribution in [1.29, 1.82) is 0 Å². The van der Waals surface area contributed by atoms with Crippen molar-refractivity contribution >= 4 is 10.0 Å². The molecule has 0 amide bonds. The van der Waals surface area contributed by atoms with Crippen LogP contribution in [-0.2, 0) is 24.1 Å². The van der Waals surface area contributed by atoms with E-state index in [1.54, 1.807) is 0 Å². The van der Waals surface area contributed by atoms with Crippen molar-refractivity contribution in [1.82, 2.24) is 18.8 Å². The molecule has 2 aliphatic rings. The predicted molar refractivity (Wildman–Crippen MR) is 84.8 cm³/mol. The van der Waals surface area contributed by atoms with E-state index in [4.69, 9.17) is 0 Å². The van der Waals surface area contributed by atoms with Gasteiger partial charge in [0.2, 0.25) is 10.0 Å². The number of aromatic nitrogens is 2. The summed E-state index contributed by atoms with van der Waals surface area (Å²) < 4.78 is 29.1. The van der Waals surface area contributed by atoms with E-state index in [9.17, 15) is 18.0 Å². The summed E-state index contributed by atoms with van der Waals surface area (Å²) in [5, 5.41) is 3.29. The molecule has 2 fully saturated rings. The van der Waals surface area contributed by atoms with E-state index in [0.717, 1.165) is 47.7 Å². The van der Waals surface area contributed by atoms with Crippen LogP contribution in [0.2, 0.25) is 0 Å². The summed E-state index contributed by atoms with van der Waals surface area (Å²) in [6.07, 6.45) is 3.85. The van der Waals surface area contributed by atoms with Crippen LogP contribution in [0.4, 0.5) is 0 Å². The van der Waals surface area contributed by atoms with Gasteiger partial charge in [-0.15, -0.1) is 0 Å². The molecule has 1 aromatic rings. The lowest BCUT2D eigenvalue weighted by Gasteiger charge is -2.33. The molecule has 8 nitrogen and oxygen atoms in total. The van der Waals surface area contributed by atoms with Gasteiger partial charge in [-0.1, -0.05) is 0 Å². The van der Waals surface area contributed by atoms with E-state index in [1.807, 2.05) is 0 Å². The van der Waals surface area contributed by atoms with Gasteiger partial charge in [0.15, 0.2) is 4.90 Å². The third kappa shape index (κ3) is 2.66. The summed E-state index contributed by atoms with van der Waals surface area (Å²) in [6, 6.07) is 0. The van der Waals surface area contributed by atoms with Crippen LogP contribution in [0.15, 0.2) is 20.7 Å². The number of hydrogen-bond donors (Lipinski definition) is 1. The molecule has 1 spiro atoms. The fraction of sp³-hybridized carbons (Fsp3) is 0.714. The Hall–Kier alpha value is -1.45. The number of piperidine rings is 1. The molecule has 128 valence electrons. The zero-order valence-corrected chi connectivity index (χ0v) is 14.2. The van der Waals surface area contributed by atoms with Gasteiger partial charge >= 0.3 is 5.69 Å². The van der Waals surface area contributed by atoms with Gasteiger partial charge in [-0.2, -0.15) is 4.31 Å². The highest BCUT2D eigenvalue weighted by atomic mass is 32.2. The van der Waals surface area contributed by atoms with Crippen molar-refractivity contribution in [2.24, 2.45) is 19.5 Å². The van der Waals surface area contributed by atoms with E-state index in [-0.39, 0.29) is 10.3 Å². The zero-order valence-electron chi connectivity index (χ0n) is 13.4. The molecular formula is C14H22N4O4S. The van der Waals surface area contributed by atoms with Gasteiger partial charge < -0.3 is 9.88 Å². The summed E-state index contributed by atoms with van der Waals surface area (Å²) in [5.41, 5.74) is -1.28. The lowest BCUT2D eigenvalue weighted by atomic mass is 9.78. The van der Waals surface area contributed by atoms with Crippen molar-refractivity contribution in [2.75, 3.05) is 26.2 Å². The van der Waals surface area contributed by atoms with E-state index >= 15 is 0 Å². The quantitative estimate of drug-likeness (QED) is 0.732. The fourth-order valence-corrected chi connectivity index (χ4v) is 5.26. The zero-order chi connectivity index (χ0) is 16.8. The normalized spacial score (nSPS) is 21.8. The van der Waals surface area contributed by atoms with Crippen molar-refractivity contribution in [2.45, 2.75) is 24.2 Å². The fourth-order valence-electron chi connectivity index (χ4n) is 3.56. The first-order valence-corrected chi connectivity index (χ1v) is 9.18. The molecule has 9 heteroatoms. The third-order valence-electron chi connectivity index (χ3n) is 5.10. The molecular weight excluding hydrogens is 320 g/mol. The second kappa shape index (κ2) is 5.57. The molecule has 0 atom stereocenters. The Labute approximate surface area is 134 Å². The van der Waals surface area contributed by atoms with Crippen LogP contribution in [0.3, 0.4) is 0 Å². The van der Waals surface area contributed by atoms with Gasteiger partial charge in [-0.25, -0.2) is 13.2 Å². The van der Waals surface area contributed by atoms with Crippen LogP contribution in [0.1, 0.15) is 19.3 Å². The maximum atomic E-state index is 12.9. The summed E-state index contributed by atoms with van der Waals surface area (Å²) in [5.74, 6) is 0. The van der Waals surface area contributed by atoms with Crippen molar-refractivity contribution in [3.8, 4) is 0 Å². The highest BCUT2D eigenvalue weighted by Crippen LogP contribution is 2.40. The largest absolute Gasteiger partial charge is 0.330 e. The Morgan fingerprint density at radius 3 is 2.43 bits per heavy atom. The topological polar surface area (TPSA) is 93.4 Å². The van der Waals surface area contributed by atoms with Gasteiger partial charge in [0.05, 0.1) is 0 Å². The van der Waals surface area contributed by atoms with Crippen LogP contribution in [0, 0.1) is 5.41 Å². The molecule has 2 aliphatic heterocycles. The molecule has 3 rings (SSSR count). The standard InChI is InChI=1S/C14H22N4O4S/c1-16-9-11(12(19)17(2)13(16)20)23(21,22)18-8-5-14(10-18)3-6-15-7-4-14/h9,15H,3-8,10H2,1-2H3. The Kier molecular flexibility index (Phi) is 3.97. The molecule has 0 aliphatic carbocycles. The summed E-state index contributed by atoms with van der Waals surface area (Å²) >= 11 is 0. The van der Waals surface area contributed by atoms with Gasteiger partial charge in [-0.3, -0.25) is 9.36 Å². The maximum absolute atomic E-state index is 12.9. The second-order valence-corrected chi connectivity index (χ2v) is 8.50. The van der Waals surface area contributed by atoms with Gasteiger partial charge in [0.1, 0.15) is 0 Å². The van der Waals surface area contributed by atoms with Crippen molar-refractivity contribution in [3.63, 3.8) is 0 Å². The minimum Gasteiger partial charge on any atom is -0.317 e. The highest BCUT2D eigenvalue weighted by Gasteiger charge is 2.44. The molecule has 3 heterocycles. The molecule has 1 N–H and O–H groups in total. The Morgan fingerprint density at radius 1 is 1.13 bits per heavy atom. The maximum Gasteiger partial charge on any atom is 0.330 e. The number of nitrogens with zero attached hydrogens (tertiary/aromatic N) is 3. The van der Waals surface area contributed by atoms with E-state index in [0.29, 0.717) is 13.1 Å². The summed E-state index contributed by atoms with van der Waals surface area (Å²) in [4.78, 5) is 23.7. The van der Waals surface area contributed by atoms with Crippen molar-refractivity contribution < 1.29 is 8.42 Å². The first-order chi connectivity index (χ1) is 10.8. The summed E-state index contributed by atoms with van der Waals surface area (Å²) in [6.45, 7) is 2.67. The van der Waals surface area contributed by atoms with Crippen LogP contribution < -0.4 is 16.6 Å². The number of aryl methyl sites for hydroxylation is 1. The average molecular weight is 342 g/mol.